The molecule has 0 aliphatic rings. The van der Waals surface area contributed by atoms with Gasteiger partial charge in [-0.25, -0.2) is 4.79 Å². The molecule has 0 unspecified atom stereocenters. The highest BCUT2D eigenvalue weighted by Crippen LogP contribution is 2.27. The van der Waals surface area contributed by atoms with E-state index in [1.807, 2.05) is 36.4 Å². The highest BCUT2D eigenvalue weighted by Gasteiger charge is 2.00. The highest BCUT2D eigenvalue weighted by molar-refractivity contribution is 7.99. The van der Waals surface area contributed by atoms with Crippen molar-refractivity contribution in [2.24, 2.45) is 0 Å². The van der Waals surface area contributed by atoms with Gasteiger partial charge in [0.2, 0.25) is 0 Å². The van der Waals surface area contributed by atoms with Crippen LogP contribution in [0.4, 0.5) is 10.5 Å². The molecule has 4 nitrogen and oxygen atoms in total. The third-order valence-corrected chi connectivity index (χ3v) is 3.24. The van der Waals surface area contributed by atoms with E-state index in [4.69, 9.17) is 0 Å². The predicted molar refractivity (Wildman–Crippen MR) is 72.9 cm³/mol. The maximum Gasteiger partial charge on any atom is 0.318 e. The second kappa shape index (κ2) is 6.07. The van der Waals surface area contributed by atoms with Crippen molar-refractivity contribution in [2.45, 2.75) is 9.79 Å². The molecule has 0 aliphatic carbocycles. The van der Waals surface area contributed by atoms with Gasteiger partial charge in [-0.05, 0) is 36.4 Å². The number of hydrogen-bond acceptors (Lipinski definition) is 3. The molecule has 0 atom stereocenters. The molecule has 2 amide bonds. The summed E-state index contributed by atoms with van der Waals surface area (Å²) >= 11 is 1.65. The van der Waals surface area contributed by atoms with Crippen LogP contribution in [0.2, 0.25) is 0 Å². The molecule has 18 heavy (non-hydrogen) atoms. The van der Waals surface area contributed by atoms with Crippen molar-refractivity contribution in [2.75, 3.05) is 12.4 Å². The zero-order valence-corrected chi connectivity index (χ0v) is 10.7. The van der Waals surface area contributed by atoms with Crippen molar-refractivity contribution in [1.82, 2.24) is 10.3 Å². The Bertz CT molecular complexity index is 514. The van der Waals surface area contributed by atoms with Crippen molar-refractivity contribution >= 4 is 23.5 Å². The van der Waals surface area contributed by atoms with Crippen LogP contribution < -0.4 is 10.6 Å². The molecule has 0 radical (unpaired) electrons. The molecule has 1 aromatic heterocycles. The third-order valence-electron chi connectivity index (χ3n) is 2.22. The Kier molecular flexibility index (Phi) is 4.20. The van der Waals surface area contributed by atoms with E-state index in [-0.39, 0.29) is 6.03 Å². The average molecular weight is 259 g/mol. The first-order valence-electron chi connectivity index (χ1n) is 5.44. The fourth-order valence-electron chi connectivity index (χ4n) is 1.34. The molecule has 0 aliphatic heterocycles. The fourth-order valence-corrected chi connectivity index (χ4v) is 2.14. The Morgan fingerprint density at radius 3 is 2.28 bits per heavy atom. The van der Waals surface area contributed by atoms with Crippen LogP contribution in [0.5, 0.6) is 0 Å². The second-order valence-corrected chi connectivity index (χ2v) is 4.66. The van der Waals surface area contributed by atoms with Crippen molar-refractivity contribution < 1.29 is 4.79 Å². The van der Waals surface area contributed by atoms with Crippen molar-refractivity contribution in [3.05, 3.63) is 48.8 Å². The van der Waals surface area contributed by atoms with Crippen LogP contribution in [0.3, 0.4) is 0 Å². The average Bonchev–Trinajstić information content (AvgIpc) is 2.42. The van der Waals surface area contributed by atoms with Gasteiger partial charge in [-0.1, -0.05) is 11.8 Å². The molecule has 0 saturated heterocycles. The van der Waals surface area contributed by atoms with Crippen molar-refractivity contribution in [3.8, 4) is 0 Å². The van der Waals surface area contributed by atoms with E-state index in [2.05, 4.69) is 15.6 Å². The normalized spacial score (nSPS) is 9.83. The van der Waals surface area contributed by atoms with Gasteiger partial charge in [0, 0.05) is 34.9 Å². The van der Waals surface area contributed by atoms with E-state index >= 15 is 0 Å². The van der Waals surface area contributed by atoms with E-state index in [1.165, 1.54) is 0 Å². The number of nitrogens with one attached hydrogen (secondary N) is 2. The summed E-state index contributed by atoms with van der Waals surface area (Å²) in [4.78, 5) is 17.3. The van der Waals surface area contributed by atoms with Gasteiger partial charge in [0.15, 0.2) is 0 Å². The third kappa shape index (κ3) is 3.49. The van der Waals surface area contributed by atoms with E-state index in [0.717, 1.165) is 15.5 Å². The Morgan fingerprint density at radius 1 is 1.06 bits per heavy atom. The molecular formula is C13H13N3OS. The number of benzene rings is 1. The maximum absolute atomic E-state index is 11.1. The molecule has 1 heterocycles. The summed E-state index contributed by atoms with van der Waals surface area (Å²) in [5, 5.41) is 5.22. The van der Waals surface area contributed by atoms with E-state index in [9.17, 15) is 4.79 Å². The number of amides is 2. The lowest BCUT2D eigenvalue weighted by Gasteiger charge is -2.05. The van der Waals surface area contributed by atoms with Gasteiger partial charge in [-0.2, -0.15) is 0 Å². The Hall–Kier alpha value is -2.01. The van der Waals surface area contributed by atoms with Gasteiger partial charge in [-0.15, -0.1) is 0 Å². The maximum atomic E-state index is 11.1. The van der Waals surface area contributed by atoms with E-state index in [1.54, 1.807) is 31.2 Å². The summed E-state index contributed by atoms with van der Waals surface area (Å²) < 4.78 is 0. The monoisotopic (exact) mass is 259 g/mol. The second-order valence-electron chi connectivity index (χ2n) is 3.51. The molecule has 5 heteroatoms. The van der Waals surface area contributed by atoms with Crippen LogP contribution in [0, 0.1) is 0 Å². The predicted octanol–water partition coefficient (Wildman–Crippen LogP) is 2.98. The highest BCUT2D eigenvalue weighted by atomic mass is 32.2. The summed E-state index contributed by atoms with van der Waals surface area (Å²) in [6, 6.07) is 11.4. The number of rotatable bonds is 3. The molecule has 2 aromatic rings. The van der Waals surface area contributed by atoms with E-state index in [0.29, 0.717) is 0 Å². The van der Waals surface area contributed by atoms with Crippen LogP contribution in [0.1, 0.15) is 0 Å². The number of anilines is 1. The Morgan fingerprint density at radius 2 is 1.67 bits per heavy atom. The number of urea groups is 1. The molecule has 1 aromatic carbocycles. The minimum atomic E-state index is -0.218. The first kappa shape index (κ1) is 12.4. The minimum absolute atomic E-state index is 0.218. The summed E-state index contributed by atoms with van der Waals surface area (Å²) in [7, 11) is 1.59. The Labute approximate surface area is 110 Å². The standard InChI is InChI=1S/C13H13N3OS/c1-14-13(17)16-10-2-4-11(5-3-10)18-12-6-8-15-9-7-12/h2-9H,1H3,(H2,14,16,17). The summed E-state index contributed by atoms with van der Waals surface area (Å²) in [5.41, 5.74) is 0.772. The molecule has 0 fully saturated rings. The lowest BCUT2D eigenvalue weighted by atomic mass is 10.3. The largest absolute Gasteiger partial charge is 0.341 e. The fraction of sp³-hybridized carbons (Fsp3) is 0.0769. The first-order valence-corrected chi connectivity index (χ1v) is 6.26. The van der Waals surface area contributed by atoms with Crippen LogP contribution in [-0.4, -0.2) is 18.1 Å². The first-order chi connectivity index (χ1) is 8.78. The van der Waals surface area contributed by atoms with E-state index < -0.39 is 0 Å². The lowest BCUT2D eigenvalue weighted by molar-refractivity contribution is 0.254. The number of nitrogens with zero attached hydrogens (tertiary/aromatic N) is 1. The zero-order valence-electron chi connectivity index (χ0n) is 9.88. The number of pyridine rings is 1. The van der Waals surface area contributed by atoms with Crippen LogP contribution in [0.25, 0.3) is 0 Å². The molecule has 2 N–H and O–H groups in total. The van der Waals surface area contributed by atoms with Gasteiger partial charge in [0.25, 0.3) is 0 Å². The SMILES string of the molecule is CNC(=O)Nc1ccc(Sc2ccncc2)cc1. The number of carbonyl (C=O) groups excluding carboxylic acids is 1. The summed E-state index contributed by atoms with van der Waals surface area (Å²) in [6.07, 6.45) is 3.54. The molecule has 0 bridgehead atoms. The van der Waals surface area contributed by atoms with Crippen LogP contribution in [-0.2, 0) is 0 Å². The Balaban J connectivity index is 2.02. The van der Waals surface area contributed by atoms with Gasteiger partial charge in [0.1, 0.15) is 0 Å². The molecule has 92 valence electrons. The van der Waals surface area contributed by atoms with Gasteiger partial charge < -0.3 is 10.6 Å². The lowest BCUT2D eigenvalue weighted by Crippen LogP contribution is -2.24. The molecule has 0 spiro atoms. The van der Waals surface area contributed by atoms with Crippen molar-refractivity contribution in [1.29, 1.82) is 0 Å². The van der Waals surface area contributed by atoms with Gasteiger partial charge >= 0.3 is 6.03 Å². The molecular weight excluding hydrogens is 246 g/mol. The topological polar surface area (TPSA) is 54.0 Å². The number of aromatic nitrogens is 1. The minimum Gasteiger partial charge on any atom is -0.341 e. The van der Waals surface area contributed by atoms with Gasteiger partial charge in [-0.3, -0.25) is 4.98 Å². The van der Waals surface area contributed by atoms with Crippen LogP contribution >= 0.6 is 11.8 Å². The summed E-state index contributed by atoms with van der Waals surface area (Å²) in [5.74, 6) is 0. The zero-order chi connectivity index (χ0) is 12.8. The molecule has 2 rings (SSSR count). The smallest absolute Gasteiger partial charge is 0.318 e. The molecule has 0 saturated carbocycles. The number of hydrogen-bond donors (Lipinski definition) is 2. The number of carbonyl (C=O) groups is 1. The quantitative estimate of drug-likeness (QED) is 0.891. The van der Waals surface area contributed by atoms with Crippen LogP contribution in [0.15, 0.2) is 58.6 Å². The van der Waals surface area contributed by atoms with Crippen molar-refractivity contribution in [3.63, 3.8) is 0 Å². The summed E-state index contributed by atoms with van der Waals surface area (Å²) in [6.45, 7) is 0. The van der Waals surface area contributed by atoms with Gasteiger partial charge in [0.05, 0.1) is 0 Å².